The third-order valence-corrected chi connectivity index (χ3v) is 3.05. The summed E-state index contributed by atoms with van der Waals surface area (Å²) >= 11 is 0. The molecule has 1 aliphatic rings. The number of anilines is 1. The minimum atomic E-state index is -0.549. The van der Waals surface area contributed by atoms with Crippen molar-refractivity contribution in [2.75, 3.05) is 25.7 Å². The lowest BCUT2D eigenvalue weighted by molar-refractivity contribution is -0.119. The molecule has 0 fully saturated rings. The molecule has 1 aromatic carbocycles. The van der Waals surface area contributed by atoms with Crippen molar-refractivity contribution in [3.8, 4) is 0 Å². The molecule has 0 atom stereocenters. The van der Waals surface area contributed by atoms with Gasteiger partial charge in [0.25, 0.3) is 11.7 Å². The number of hydrogen-bond acceptors (Lipinski definition) is 4. The van der Waals surface area contributed by atoms with Crippen molar-refractivity contribution in [3.63, 3.8) is 0 Å². The predicted octanol–water partition coefficient (Wildman–Crippen LogP) is 1.14. The Morgan fingerprint density at radius 3 is 2.50 bits per heavy atom. The number of nitrogens with zero attached hydrogens (tertiary/aromatic N) is 1. The topological polar surface area (TPSA) is 55.8 Å². The van der Waals surface area contributed by atoms with Crippen LogP contribution in [-0.4, -0.2) is 38.7 Å². The number of methoxy groups -OCH3 is 2. The minimum absolute atomic E-state index is 0.204. The largest absolute Gasteiger partial charge is 0.354 e. The number of fused-ring (bicyclic) bond motifs is 1. The molecule has 5 heteroatoms. The number of aryl methyl sites for hydroxylation is 1. The Hall–Kier alpha value is -1.72. The van der Waals surface area contributed by atoms with Gasteiger partial charge in [-0.05, 0) is 18.6 Å². The summed E-state index contributed by atoms with van der Waals surface area (Å²) in [6.45, 7) is 2.07. The molecule has 5 nitrogen and oxygen atoms in total. The molecule has 2 rings (SSSR count). The summed E-state index contributed by atoms with van der Waals surface area (Å²) in [5.74, 6) is -1.00. The summed E-state index contributed by atoms with van der Waals surface area (Å²) in [5, 5.41) is 0. The van der Waals surface area contributed by atoms with E-state index in [1.807, 2.05) is 13.0 Å². The molecule has 0 spiro atoms. The maximum Gasteiger partial charge on any atom is 0.299 e. The summed E-state index contributed by atoms with van der Waals surface area (Å²) in [6.07, 6.45) is -0.549. The number of hydrogen-bond donors (Lipinski definition) is 0. The van der Waals surface area contributed by atoms with Crippen LogP contribution in [0.5, 0.6) is 0 Å². The van der Waals surface area contributed by atoms with Gasteiger partial charge in [-0.3, -0.25) is 14.5 Å². The van der Waals surface area contributed by atoms with E-state index in [-0.39, 0.29) is 6.54 Å². The fourth-order valence-corrected chi connectivity index (χ4v) is 2.11. The summed E-state index contributed by atoms with van der Waals surface area (Å²) in [5.41, 5.74) is 2.00. The molecular weight excluding hydrogens is 234 g/mol. The lowest BCUT2D eigenvalue weighted by Crippen LogP contribution is -2.38. The van der Waals surface area contributed by atoms with Crippen LogP contribution in [0.15, 0.2) is 18.2 Å². The molecule has 1 heterocycles. The van der Waals surface area contributed by atoms with Gasteiger partial charge in [0.2, 0.25) is 0 Å². The number of ether oxygens (including phenoxy) is 2. The highest BCUT2D eigenvalue weighted by Gasteiger charge is 2.37. The standard InChI is InChI=1S/C13H15NO4/c1-8-5-4-6-9-11(8)14(13(16)12(9)15)7-10(17-2)18-3/h4-6,10H,7H2,1-3H3. The second-order valence-electron chi connectivity index (χ2n) is 4.12. The van der Waals surface area contributed by atoms with Crippen LogP contribution in [-0.2, 0) is 14.3 Å². The van der Waals surface area contributed by atoms with Gasteiger partial charge in [0, 0.05) is 14.2 Å². The molecule has 1 aliphatic heterocycles. The summed E-state index contributed by atoms with van der Waals surface area (Å²) in [7, 11) is 2.99. The molecule has 0 N–H and O–H groups in total. The number of rotatable bonds is 4. The first kappa shape index (κ1) is 12.7. The van der Waals surface area contributed by atoms with Crippen LogP contribution in [0.25, 0.3) is 0 Å². The van der Waals surface area contributed by atoms with Gasteiger partial charge < -0.3 is 9.47 Å². The first-order chi connectivity index (χ1) is 8.60. The molecule has 0 unspecified atom stereocenters. The number of carbonyl (C=O) groups excluding carboxylic acids is 2. The van der Waals surface area contributed by atoms with Crippen molar-refractivity contribution in [1.82, 2.24) is 0 Å². The Kier molecular flexibility index (Phi) is 3.45. The van der Waals surface area contributed by atoms with E-state index in [1.54, 1.807) is 12.1 Å². The highest BCUT2D eigenvalue weighted by atomic mass is 16.7. The monoisotopic (exact) mass is 249 g/mol. The SMILES string of the molecule is COC(CN1C(=O)C(=O)c2cccc(C)c21)OC. The molecule has 0 aliphatic carbocycles. The van der Waals surface area contributed by atoms with Crippen molar-refractivity contribution in [1.29, 1.82) is 0 Å². The van der Waals surface area contributed by atoms with Gasteiger partial charge in [-0.15, -0.1) is 0 Å². The predicted molar refractivity (Wildman–Crippen MR) is 65.7 cm³/mol. The molecule has 18 heavy (non-hydrogen) atoms. The van der Waals surface area contributed by atoms with E-state index in [4.69, 9.17) is 9.47 Å². The molecule has 0 aromatic heterocycles. The minimum Gasteiger partial charge on any atom is -0.354 e. The summed E-state index contributed by atoms with van der Waals surface area (Å²) in [6, 6.07) is 5.30. The molecule has 0 saturated carbocycles. The number of amides is 1. The average molecular weight is 249 g/mol. The first-order valence-electron chi connectivity index (χ1n) is 5.61. The Morgan fingerprint density at radius 2 is 1.89 bits per heavy atom. The van der Waals surface area contributed by atoms with Crippen molar-refractivity contribution in [3.05, 3.63) is 29.3 Å². The van der Waals surface area contributed by atoms with Crippen LogP contribution in [0.4, 0.5) is 5.69 Å². The van der Waals surface area contributed by atoms with Crippen molar-refractivity contribution < 1.29 is 19.1 Å². The maximum absolute atomic E-state index is 11.9. The molecule has 1 aromatic rings. The Bertz CT molecular complexity index is 494. The Labute approximate surface area is 105 Å². The molecule has 0 radical (unpaired) electrons. The zero-order valence-electron chi connectivity index (χ0n) is 10.6. The maximum atomic E-state index is 11.9. The summed E-state index contributed by atoms with van der Waals surface area (Å²) in [4.78, 5) is 25.2. The zero-order chi connectivity index (χ0) is 13.3. The van der Waals surface area contributed by atoms with Gasteiger partial charge in [-0.1, -0.05) is 12.1 Å². The number of Topliss-reactive ketones (excluding diaryl/α,β-unsaturated/α-hetero) is 1. The Morgan fingerprint density at radius 1 is 1.22 bits per heavy atom. The van der Waals surface area contributed by atoms with E-state index in [0.29, 0.717) is 11.3 Å². The molecule has 0 saturated heterocycles. The van der Waals surface area contributed by atoms with Crippen molar-refractivity contribution in [2.24, 2.45) is 0 Å². The van der Waals surface area contributed by atoms with E-state index >= 15 is 0 Å². The second-order valence-corrected chi connectivity index (χ2v) is 4.12. The fraction of sp³-hybridized carbons (Fsp3) is 0.385. The van der Waals surface area contributed by atoms with Crippen LogP contribution >= 0.6 is 0 Å². The Balaban J connectivity index is 2.39. The van der Waals surface area contributed by atoms with E-state index in [1.165, 1.54) is 19.1 Å². The van der Waals surface area contributed by atoms with Gasteiger partial charge in [0.15, 0.2) is 6.29 Å². The van der Waals surface area contributed by atoms with Crippen LogP contribution in [0.2, 0.25) is 0 Å². The zero-order valence-corrected chi connectivity index (χ0v) is 10.6. The third-order valence-electron chi connectivity index (χ3n) is 3.05. The fourth-order valence-electron chi connectivity index (χ4n) is 2.11. The first-order valence-corrected chi connectivity index (χ1v) is 5.61. The number of ketones is 1. The lowest BCUT2D eigenvalue weighted by atomic mass is 10.1. The number of benzene rings is 1. The van der Waals surface area contributed by atoms with Crippen LogP contribution < -0.4 is 4.90 Å². The second kappa shape index (κ2) is 4.88. The average Bonchev–Trinajstić information content (AvgIpc) is 2.62. The van der Waals surface area contributed by atoms with E-state index < -0.39 is 18.0 Å². The van der Waals surface area contributed by atoms with Crippen LogP contribution in [0.3, 0.4) is 0 Å². The molecule has 1 amide bonds. The quantitative estimate of drug-likeness (QED) is 0.593. The van der Waals surface area contributed by atoms with Crippen molar-refractivity contribution in [2.45, 2.75) is 13.2 Å². The van der Waals surface area contributed by atoms with Gasteiger partial charge in [-0.2, -0.15) is 0 Å². The van der Waals surface area contributed by atoms with E-state index in [9.17, 15) is 9.59 Å². The van der Waals surface area contributed by atoms with Gasteiger partial charge in [-0.25, -0.2) is 0 Å². The van der Waals surface area contributed by atoms with Gasteiger partial charge in [0.1, 0.15) is 0 Å². The van der Waals surface area contributed by atoms with Gasteiger partial charge in [0.05, 0.1) is 17.8 Å². The van der Waals surface area contributed by atoms with Crippen molar-refractivity contribution >= 4 is 17.4 Å². The number of carbonyl (C=O) groups is 2. The summed E-state index contributed by atoms with van der Waals surface area (Å²) < 4.78 is 10.1. The van der Waals surface area contributed by atoms with Crippen LogP contribution in [0.1, 0.15) is 15.9 Å². The highest BCUT2D eigenvalue weighted by molar-refractivity contribution is 6.52. The smallest absolute Gasteiger partial charge is 0.299 e. The lowest BCUT2D eigenvalue weighted by Gasteiger charge is -2.22. The van der Waals surface area contributed by atoms with E-state index in [0.717, 1.165) is 5.56 Å². The van der Waals surface area contributed by atoms with Gasteiger partial charge >= 0.3 is 0 Å². The molecular formula is C13H15NO4. The molecule has 0 bridgehead atoms. The highest BCUT2D eigenvalue weighted by Crippen LogP contribution is 2.32. The third kappa shape index (κ3) is 1.91. The van der Waals surface area contributed by atoms with E-state index in [2.05, 4.69) is 0 Å². The number of para-hydroxylation sites is 1. The molecule has 96 valence electrons. The normalized spacial score (nSPS) is 14.6. The van der Waals surface area contributed by atoms with Crippen LogP contribution in [0, 0.1) is 6.92 Å².